The molecule has 0 radical (unpaired) electrons. The van der Waals surface area contributed by atoms with Crippen molar-refractivity contribution >= 4 is 15.9 Å². The summed E-state index contributed by atoms with van der Waals surface area (Å²) < 4.78 is 2.80. The van der Waals surface area contributed by atoms with Gasteiger partial charge in [-0.1, -0.05) is 12.1 Å². The number of hydrogen-bond acceptors (Lipinski definition) is 2. The van der Waals surface area contributed by atoms with E-state index in [0.29, 0.717) is 6.42 Å². The number of aromatic nitrogens is 2. The van der Waals surface area contributed by atoms with E-state index in [-0.39, 0.29) is 6.61 Å². The van der Waals surface area contributed by atoms with Crippen molar-refractivity contribution in [2.75, 3.05) is 6.61 Å². The van der Waals surface area contributed by atoms with Gasteiger partial charge in [-0.3, -0.25) is 0 Å². The highest BCUT2D eigenvalue weighted by molar-refractivity contribution is 9.10. The molecule has 0 bridgehead atoms. The third-order valence-electron chi connectivity index (χ3n) is 2.91. The highest BCUT2D eigenvalue weighted by Crippen LogP contribution is 2.21. The molecule has 2 rings (SSSR count). The molecule has 0 spiro atoms. The molecule has 1 heterocycles. The van der Waals surface area contributed by atoms with Gasteiger partial charge >= 0.3 is 0 Å². The Morgan fingerprint density at radius 1 is 1.35 bits per heavy atom. The normalized spacial score (nSPS) is 10.8. The van der Waals surface area contributed by atoms with Crippen LogP contribution in [0.2, 0.25) is 0 Å². The van der Waals surface area contributed by atoms with E-state index >= 15 is 0 Å². The molecule has 3 nitrogen and oxygen atoms in total. The van der Waals surface area contributed by atoms with Crippen LogP contribution in [0, 0.1) is 13.8 Å². The molecule has 1 aromatic heterocycles. The van der Waals surface area contributed by atoms with Crippen LogP contribution in [0.1, 0.15) is 16.8 Å². The van der Waals surface area contributed by atoms with Gasteiger partial charge in [-0.2, -0.15) is 5.10 Å². The summed E-state index contributed by atoms with van der Waals surface area (Å²) in [6, 6.07) is 6.16. The average molecular weight is 295 g/mol. The van der Waals surface area contributed by atoms with Gasteiger partial charge in [0.15, 0.2) is 0 Å². The summed E-state index contributed by atoms with van der Waals surface area (Å²) in [7, 11) is 0. The predicted octanol–water partition coefficient (Wildman–Crippen LogP) is 2.79. The third kappa shape index (κ3) is 2.42. The van der Waals surface area contributed by atoms with Crippen molar-refractivity contribution in [3.8, 4) is 5.69 Å². The summed E-state index contributed by atoms with van der Waals surface area (Å²) in [5.41, 5.74) is 4.43. The van der Waals surface area contributed by atoms with E-state index in [9.17, 15) is 0 Å². The number of hydrogen-bond donors (Lipinski definition) is 1. The van der Waals surface area contributed by atoms with Crippen molar-refractivity contribution in [2.45, 2.75) is 20.3 Å². The Hall–Kier alpha value is -1.13. The SMILES string of the molecule is Cc1cccc(-n2cc(Br)c(CCO)n2)c1C. The van der Waals surface area contributed by atoms with E-state index in [2.05, 4.69) is 40.9 Å². The fourth-order valence-electron chi connectivity index (χ4n) is 1.77. The maximum Gasteiger partial charge on any atom is 0.0793 e. The van der Waals surface area contributed by atoms with Gasteiger partial charge in [-0.25, -0.2) is 4.68 Å². The Balaban J connectivity index is 2.46. The lowest BCUT2D eigenvalue weighted by Crippen LogP contribution is -2.00. The van der Waals surface area contributed by atoms with E-state index < -0.39 is 0 Å². The predicted molar refractivity (Wildman–Crippen MR) is 71.5 cm³/mol. The fourth-order valence-corrected chi connectivity index (χ4v) is 2.24. The maximum atomic E-state index is 8.95. The number of aliphatic hydroxyl groups is 1. The lowest BCUT2D eigenvalue weighted by molar-refractivity contribution is 0.298. The van der Waals surface area contributed by atoms with Crippen LogP contribution in [0.25, 0.3) is 5.69 Å². The maximum absolute atomic E-state index is 8.95. The van der Waals surface area contributed by atoms with Crippen molar-refractivity contribution in [3.63, 3.8) is 0 Å². The molecule has 2 aromatic rings. The second kappa shape index (κ2) is 5.02. The van der Waals surface area contributed by atoms with E-state index in [1.54, 1.807) is 0 Å². The van der Waals surface area contributed by atoms with Gasteiger partial charge in [0, 0.05) is 19.2 Å². The van der Waals surface area contributed by atoms with Crippen molar-refractivity contribution in [1.82, 2.24) is 9.78 Å². The fraction of sp³-hybridized carbons (Fsp3) is 0.308. The zero-order valence-corrected chi connectivity index (χ0v) is 11.5. The zero-order chi connectivity index (χ0) is 12.4. The summed E-state index contributed by atoms with van der Waals surface area (Å²) >= 11 is 3.46. The van der Waals surface area contributed by atoms with Crippen LogP contribution < -0.4 is 0 Å². The summed E-state index contributed by atoms with van der Waals surface area (Å²) in [5, 5.41) is 13.4. The lowest BCUT2D eigenvalue weighted by Gasteiger charge is -2.07. The number of aliphatic hydroxyl groups excluding tert-OH is 1. The Labute approximate surface area is 109 Å². The molecule has 0 aliphatic heterocycles. The molecule has 0 saturated carbocycles. The first kappa shape index (κ1) is 12.3. The number of aryl methyl sites for hydroxylation is 1. The summed E-state index contributed by atoms with van der Waals surface area (Å²) in [4.78, 5) is 0. The Kier molecular flexibility index (Phi) is 3.64. The number of nitrogens with zero attached hydrogens (tertiary/aromatic N) is 2. The highest BCUT2D eigenvalue weighted by Gasteiger charge is 2.09. The van der Waals surface area contributed by atoms with Gasteiger partial charge in [-0.15, -0.1) is 0 Å². The molecule has 1 N–H and O–H groups in total. The monoisotopic (exact) mass is 294 g/mol. The largest absolute Gasteiger partial charge is 0.396 e. The second-order valence-corrected chi connectivity index (χ2v) is 4.92. The first-order chi connectivity index (χ1) is 8.13. The van der Waals surface area contributed by atoms with E-state index in [0.717, 1.165) is 15.9 Å². The van der Waals surface area contributed by atoms with Crippen molar-refractivity contribution < 1.29 is 5.11 Å². The van der Waals surface area contributed by atoms with Crippen LogP contribution in [0.4, 0.5) is 0 Å². The van der Waals surface area contributed by atoms with Gasteiger partial charge in [0.25, 0.3) is 0 Å². The molecule has 0 unspecified atom stereocenters. The molecule has 0 atom stereocenters. The van der Waals surface area contributed by atoms with Crippen LogP contribution in [-0.2, 0) is 6.42 Å². The molecular weight excluding hydrogens is 280 g/mol. The van der Waals surface area contributed by atoms with Crippen LogP contribution in [0.15, 0.2) is 28.9 Å². The molecule has 90 valence electrons. The van der Waals surface area contributed by atoms with Crippen LogP contribution in [0.5, 0.6) is 0 Å². The summed E-state index contributed by atoms with van der Waals surface area (Å²) in [5.74, 6) is 0. The van der Waals surface area contributed by atoms with E-state index in [1.165, 1.54) is 11.1 Å². The molecule has 1 aromatic carbocycles. The first-order valence-corrected chi connectivity index (χ1v) is 6.34. The molecule has 17 heavy (non-hydrogen) atoms. The minimum absolute atomic E-state index is 0.114. The van der Waals surface area contributed by atoms with Crippen LogP contribution in [0.3, 0.4) is 0 Å². The molecule has 0 amide bonds. The third-order valence-corrected chi connectivity index (χ3v) is 3.57. The smallest absolute Gasteiger partial charge is 0.0793 e. The molecule has 0 fully saturated rings. The standard InChI is InChI=1S/C13H15BrN2O/c1-9-4-3-5-13(10(9)2)16-8-11(14)12(15-16)6-7-17/h3-5,8,17H,6-7H2,1-2H3. The van der Waals surface area contributed by atoms with Crippen LogP contribution in [-0.4, -0.2) is 21.5 Å². The number of halogens is 1. The molecule has 4 heteroatoms. The Morgan fingerprint density at radius 2 is 2.12 bits per heavy atom. The topological polar surface area (TPSA) is 38.0 Å². The lowest BCUT2D eigenvalue weighted by atomic mass is 10.1. The van der Waals surface area contributed by atoms with Gasteiger partial charge in [0.1, 0.15) is 0 Å². The van der Waals surface area contributed by atoms with Crippen molar-refractivity contribution in [1.29, 1.82) is 0 Å². The first-order valence-electron chi connectivity index (χ1n) is 5.55. The number of benzene rings is 1. The Morgan fingerprint density at radius 3 is 2.82 bits per heavy atom. The van der Waals surface area contributed by atoms with Crippen molar-refractivity contribution in [2.24, 2.45) is 0 Å². The molecular formula is C13H15BrN2O. The Bertz CT molecular complexity index is 534. The van der Waals surface area contributed by atoms with Gasteiger partial charge in [-0.05, 0) is 47.0 Å². The highest BCUT2D eigenvalue weighted by atomic mass is 79.9. The van der Waals surface area contributed by atoms with Crippen molar-refractivity contribution in [3.05, 3.63) is 45.7 Å². The van der Waals surface area contributed by atoms with Gasteiger partial charge in [0.05, 0.1) is 15.9 Å². The number of rotatable bonds is 3. The second-order valence-electron chi connectivity index (χ2n) is 4.06. The quantitative estimate of drug-likeness (QED) is 0.945. The van der Waals surface area contributed by atoms with Crippen LogP contribution >= 0.6 is 15.9 Å². The minimum atomic E-state index is 0.114. The van der Waals surface area contributed by atoms with E-state index in [1.807, 2.05) is 23.0 Å². The molecule has 0 aliphatic rings. The average Bonchev–Trinajstić information content (AvgIpc) is 2.65. The minimum Gasteiger partial charge on any atom is -0.396 e. The zero-order valence-electron chi connectivity index (χ0n) is 9.94. The molecule has 0 aliphatic carbocycles. The molecule has 0 saturated heterocycles. The summed E-state index contributed by atoms with van der Waals surface area (Å²) in [6.07, 6.45) is 2.51. The van der Waals surface area contributed by atoms with Gasteiger partial charge < -0.3 is 5.11 Å². The summed E-state index contributed by atoms with van der Waals surface area (Å²) in [6.45, 7) is 4.29. The van der Waals surface area contributed by atoms with E-state index in [4.69, 9.17) is 5.11 Å². The van der Waals surface area contributed by atoms with Gasteiger partial charge in [0.2, 0.25) is 0 Å².